The molecule has 0 heterocycles. The first kappa shape index (κ1) is 18.1. The highest BCUT2D eigenvalue weighted by atomic mass is 35.5. The Balaban J connectivity index is 0.00000242. The number of nitrogens with two attached hydrogens (primary N) is 1. The molecule has 0 atom stereocenters. The Hall–Kier alpha value is -2.00. The van der Waals surface area contributed by atoms with E-state index in [0.29, 0.717) is 12.1 Å². The molecule has 0 bridgehead atoms. The highest BCUT2D eigenvalue weighted by Crippen LogP contribution is 2.13. The van der Waals surface area contributed by atoms with Crippen LogP contribution in [0.1, 0.15) is 30.9 Å². The molecule has 3 N–H and O–H groups in total. The molecule has 0 aromatic heterocycles. The van der Waals surface area contributed by atoms with E-state index in [0.717, 1.165) is 17.7 Å². The lowest BCUT2D eigenvalue weighted by atomic mass is 10.1. The molecule has 0 radical (unpaired) electrons. The summed E-state index contributed by atoms with van der Waals surface area (Å²) in [6.07, 6.45) is 3.84. The summed E-state index contributed by atoms with van der Waals surface area (Å²) in [7, 11) is 0. The van der Waals surface area contributed by atoms with Crippen molar-refractivity contribution in [1.82, 2.24) is 0 Å². The van der Waals surface area contributed by atoms with E-state index in [1.165, 1.54) is 18.4 Å². The van der Waals surface area contributed by atoms with Crippen molar-refractivity contribution < 1.29 is 4.79 Å². The first-order valence-corrected chi connectivity index (χ1v) is 7.40. The minimum absolute atomic E-state index is 0. The van der Waals surface area contributed by atoms with Crippen LogP contribution < -0.4 is 11.1 Å². The Morgan fingerprint density at radius 2 is 1.59 bits per heavy atom. The van der Waals surface area contributed by atoms with Gasteiger partial charge >= 0.3 is 0 Å². The minimum Gasteiger partial charge on any atom is -0.399 e. The number of benzene rings is 2. The van der Waals surface area contributed by atoms with Crippen molar-refractivity contribution in [1.29, 1.82) is 0 Å². The zero-order valence-corrected chi connectivity index (χ0v) is 13.7. The van der Waals surface area contributed by atoms with Gasteiger partial charge < -0.3 is 11.1 Å². The second-order valence-electron chi connectivity index (χ2n) is 5.27. The van der Waals surface area contributed by atoms with Crippen LogP contribution in [0.4, 0.5) is 11.4 Å². The fraction of sp³-hybridized carbons (Fsp3) is 0.278. The monoisotopic (exact) mass is 318 g/mol. The molecule has 0 aliphatic rings. The van der Waals surface area contributed by atoms with Gasteiger partial charge in [0.1, 0.15) is 0 Å². The van der Waals surface area contributed by atoms with Gasteiger partial charge in [-0.2, -0.15) is 0 Å². The number of anilines is 2. The van der Waals surface area contributed by atoms with Gasteiger partial charge in [-0.05, 0) is 48.2 Å². The fourth-order valence-electron chi connectivity index (χ4n) is 2.16. The van der Waals surface area contributed by atoms with Crippen LogP contribution in [0.3, 0.4) is 0 Å². The number of nitrogen functional groups attached to an aromatic ring is 1. The lowest BCUT2D eigenvalue weighted by Gasteiger charge is -2.07. The second kappa shape index (κ2) is 9.11. The van der Waals surface area contributed by atoms with Gasteiger partial charge in [-0.25, -0.2) is 0 Å². The predicted molar refractivity (Wildman–Crippen MR) is 95.5 cm³/mol. The molecular formula is C18H23ClN2O. The first-order chi connectivity index (χ1) is 10.2. The number of hydrogen-bond acceptors (Lipinski definition) is 2. The Kier molecular flexibility index (Phi) is 7.47. The molecule has 22 heavy (non-hydrogen) atoms. The van der Waals surface area contributed by atoms with Crippen LogP contribution in [0.2, 0.25) is 0 Å². The Labute approximate surface area is 138 Å². The number of amides is 1. The van der Waals surface area contributed by atoms with Crippen molar-refractivity contribution >= 4 is 29.7 Å². The molecule has 0 spiro atoms. The maximum atomic E-state index is 12.0. The molecule has 4 heteroatoms. The molecule has 2 rings (SSSR count). The fourth-order valence-corrected chi connectivity index (χ4v) is 2.16. The third-order valence-electron chi connectivity index (χ3n) is 3.40. The molecule has 3 nitrogen and oxygen atoms in total. The highest BCUT2D eigenvalue weighted by molar-refractivity contribution is 5.92. The number of halogens is 1. The van der Waals surface area contributed by atoms with Crippen LogP contribution in [-0.4, -0.2) is 5.91 Å². The summed E-state index contributed by atoms with van der Waals surface area (Å²) in [5.41, 5.74) is 9.46. The van der Waals surface area contributed by atoms with Gasteiger partial charge in [0.05, 0.1) is 6.42 Å². The first-order valence-electron chi connectivity index (χ1n) is 7.40. The van der Waals surface area contributed by atoms with Gasteiger partial charge in [0, 0.05) is 11.4 Å². The third kappa shape index (κ3) is 5.78. The van der Waals surface area contributed by atoms with E-state index in [-0.39, 0.29) is 18.3 Å². The average Bonchev–Trinajstić information content (AvgIpc) is 2.49. The van der Waals surface area contributed by atoms with Gasteiger partial charge in [0.2, 0.25) is 5.91 Å². The number of carbonyl (C=O) groups excluding carboxylic acids is 1. The van der Waals surface area contributed by atoms with Crippen molar-refractivity contribution in [2.45, 2.75) is 32.6 Å². The van der Waals surface area contributed by atoms with Crippen LogP contribution in [0, 0.1) is 0 Å². The zero-order chi connectivity index (χ0) is 15.1. The summed E-state index contributed by atoms with van der Waals surface area (Å²) in [5, 5.41) is 2.92. The van der Waals surface area contributed by atoms with Crippen LogP contribution >= 0.6 is 12.4 Å². The van der Waals surface area contributed by atoms with Gasteiger partial charge in [0.15, 0.2) is 0 Å². The van der Waals surface area contributed by atoms with Crippen LogP contribution in [0.15, 0.2) is 48.5 Å². The van der Waals surface area contributed by atoms with E-state index >= 15 is 0 Å². The maximum absolute atomic E-state index is 12.0. The lowest BCUT2D eigenvalue weighted by molar-refractivity contribution is -0.115. The normalized spacial score (nSPS) is 9.86. The molecule has 0 aliphatic heterocycles. The summed E-state index contributed by atoms with van der Waals surface area (Å²) < 4.78 is 0. The van der Waals surface area contributed by atoms with E-state index in [1.54, 1.807) is 0 Å². The molecule has 0 fully saturated rings. The zero-order valence-electron chi connectivity index (χ0n) is 12.8. The van der Waals surface area contributed by atoms with Crippen molar-refractivity contribution in [2.24, 2.45) is 0 Å². The third-order valence-corrected chi connectivity index (χ3v) is 3.40. The van der Waals surface area contributed by atoms with E-state index in [9.17, 15) is 4.79 Å². The van der Waals surface area contributed by atoms with Crippen molar-refractivity contribution in [3.63, 3.8) is 0 Å². The van der Waals surface area contributed by atoms with E-state index in [1.807, 2.05) is 36.4 Å². The minimum atomic E-state index is -0.0129. The second-order valence-corrected chi connectivity index (χ2v) is 5.27. The SMILES string of the molecule is CCCCc1ccc(NC(=O)Cc2ccc(N)cc2)cc1.Cl. The molecule has 0 saturated carbocycles. The smallest absolute Gasteiger partial charge is 0.228 e. The number of unbranched alkanes of at least 4 members (excludes halogenated alkanes) is 1. The largest absolute Gasteiger partial charge is 0.399 e. The van der Waals surface area contributed by atoms with E-state index < -0.39 is 0 Å². The summed E-state index contributed by atoms with van der Waals surface area (Å²) in [5.74, 6) is -0.0129. The predicted octanol–water partition coefficient (Wildman–Crippen LogP) is 4.21. The van der Waals surface area contributed by atoms with Crippen LogP contribution in [0.25, 0.3) is 0 Å². The summed E-state index contributed by atoms with van der Waals surface area (Å²) >= 11 is 0. The Morgan fingerprint density at radius 1 is 1.00 bits per heavy atom. The van der Waals surface area contributed by atoms with Crippen LogP contribution in [0.5, 0.6) is 0 Å². The van der Waals surface area contributed by atoms with Crippen molar-refractivity contribution in [3.8, 4) is 0 Å². The molecule has 2 aromatic carbocycles. The summed E-state index contributed by atoms with van der Waals surface area (Å²) in [6.45, 7) is 2.19. The Bertz CT molecular complexity index is 579. The standard InChI is InChI=1S/C18H22N2O.ClH/c1-2-3-4-14-7-11-17(12-8-14)20-18(21)13-15-5-9-16(19)10-6-15;/h5-12H,2-4,13,19H2,1H3,(H,20,21);1H. The molecular weight excluding hydrogens is 296 g/mol. The topological polar surface area (TPSA) is 55.1 Å². The molecule has 0 unspecified atom stereocenters. The molecule has 1 amide bonds. The average molecular weight is 319 g/mol. The number of carbonyl (C=O) groups is 1. The maximum Gasteiger partial charge on any atom is 0.228 e. The Morgan fingerprint density at radius 3 is 2.18 bits per heavy atom. The van der Waals surface area contributed by atoms with Gasteiger partial charge in [-0.3, -0.25) is 4.79 Å². The molecule has 0 aliphatic carbocycles. The number of hydrogen-bond donors (Lipinski definition) is 2. The summed E-state index contributed by atoms with van der Waals surface area (Å²) in [4.78, 5) is 12.0. The number of aryl methyl sites for hydroxylation is 1. The lowest BCUT2D eigenvalue weighted by Crippen LogP contribution is -2.14. The highest BCUT2D eigenvalue weighted by Gasteiger charge is 2.04. The van der Waals surface area contributed by atoms with Gasteiger partial charge in [0.25, 0.3) is 0 Å². The molecule has 2 aromatic rings. The van der Waals surface area contributed by atoms with Crippen molar-refractivity contribution in [3.05, 3.63) is 59.7 Å². The molecule has 118 valence electrons. The van der Waals surface area contributed by atoms with Gasteiger partial charge in [-0.1, -0.05) is 37.6 Å². The summed E-state index contributed by atoms with van der Waals surface area (Å²) in [6, 6.07) is 15.5. The van der Waals surface area contributed by atoms with Gasteiger partial charge in [-0.15, -0.1) is 12.4 Å². The molecule has 0 saturated heterocycles. The van der Waals surface area contributed by atoms with Crippen molar-refractivity contribution in [2.75, 3.05) is 11.1 Å². The van der Waals surface area contributed by atoms with E-state index in [4.69, 9.17) is 5.73 Å². The number of nitrogens with one attached hydrogen (secondary N) is 1. The van der Waals surface area contributed by atoms with Crippen LogP contribution in [-0.2, 0) is 17.6 Å². The quantitative estimate of drug-likeness (QED) is 0.784. The number of rotatable bonds is 6. The van der Waals surface area contributed by atoms with E-state index in [2.05, 4.69) is 24.4 Å².